The number of hydrogen-bond acceptors (Lipinski definition) is 2. The van der Waals surface area contributed by atoms with Crippen molar-refractivity contribution in [2.45, 2.75) is 33.1 Å². The summed E-state index contributed by atoms with van der Waals surface area (Å²) in [4.78, 5) is 4.63. The largest absolute Gasteiger partial charge is 0.253 e. The predicted octanol–water partition coefficient (Wildman–Crippen LogP) is 3.73. The van der Waals surface area contributed by atoms with Crippen LogP contribution in [0.15, 0.2) is 24.3 Å². The van der Waals surface area contributed by atoms with Crippen LogP contribution in [0.1, 0.15) is 36.6 Å². The van der Waals surface area contributed by atoms with Gasteiger partial charge in [0.25, 0.3) is 0 Å². The number of para-hydroxylation sites is 1. The van der Waals surface area contributed by atoms with E-state index in [1.807, 2.05) is 13.0 Å². The fourth-order valence-electron chi connectivity index (χ4n) is 2.18. The summed E-state index contributed by atoms with van der Waals surface area (Å²) in [6, 6.07) is 10.5. The highest BCUT2D eigenvalue weighted by Gasteiger charge is 2.09. The fraction of sp³-hybridized carbons (Fsp3) is 0.333. The highest BCUT2D eigenvalue weighted by Crippen LogP contribution is 2.26. The molecule has 0 bridgehead atoms. The van der Waals surface area contributed by atoms with Gasteiger partial charge in [-0.25, -0.2) is 0 Å². The minimum absolute atomic E-state index is 0.446. The molecule has 2 nitrogen and oxygen atoms in total. The Morgan fingerprint density at radius 3 is 2.76 bits per heavy atom. The first-order chi connectivity index (χ1) is 8.13. The summed E-state index contributed by atoms with van der Waals surface area (Å²) >= 11 is 0. The van der Waals surface area contributed by atoms with Crippen molar-refractivity contribution >= 4 is 10.9 Å². The lowest BCUT2D eigenvalue weighted by molar-refractivity contribution is 0.871. The lowest BCUT2D eigenvalue weighted by Gasteiger charge is -2.12. The number of rotatable bonds is 2. The van der Waals surface area contributed by atoms with Crippen LogP contribution >= 0.6 is 0 Å². The summed E-state index contributed by atoms with van der Waals surface area (Å²) in [5.41, 5.74) is 4.37. The van der Waals surface area contributed by atoms with Crippen molar-refractivity contribution in [3.05, 3.63) is 41.1 Å². The van der Waals surface area contributed by atoms with Gasteiger partial charge in [-0.15, -0.1) is 0 Å². The van der Waals surface area contributed by atoms with Crippen molar-refractivity contribution in [1.82, 2.24) is 4.98 Å². The van der Waals surface area contributed by atoms with Crippen molar-refractivity contribution in [3.63, 3.8) is 0 Å². The van der Waals surface area contributed by atoms with Crippen molar-refractivity contribution in [3.8, 4) is 6.07 Å². The number of nitrogens with zero attached hydrogens (tertiary/aromatic N) is 2. The van der Waals surface area contributed by atoms with Crippen molar-refractivity contribution < 1.29 is 0 Å². The summed E-state index contributed by atoms with van der Waals surface area (Å²) in [5, 5.41) is 9.99. The minimum atomic E-state index is 0.446. The summed E-state index contributed by atoms with van der Waals surface area (Å²) < 4.78 is 0. The summed E-state index contributed by atoms with van der Waals surface area (Å²) in [6.45, 7) is 6.32. The van der Waals surface area contributed by atoms with Gasteiger partial charge in [0.15, 0.2) is 0 Å². The Labute approximate surface area is 102 Å². The SMILES string of the molecule is Cc1cc(CC#N)c2cccc(C(C)C)c2n1. The fourth-order valence-corrected chi connectivity index (χ4v) is 2.18. The molecule has 0 saturated carbocycles. The van der Waals surface area contributed by atoms with Gasteiger partial charge in [0, 0.05) is 11.1 Å². The van der Waals surface area contributed by atoms with E-state index in [4.69, 9.17) is 5.26 Å². The van der Waals surface area contributed by atoms with Gasteiger partial charge in [0.1, 0.15) is 0 Å². The maximum Gasteiger partial charge on any atom is 0.0742 e. The standard InChI is InChI=1S/C15H16N2/c1-10(2)13-5-4-6-14-12(7-8-16)9-11(3)17-15(13)14/h4-6,9-10H,7H2,1-3H3. The number of nitriles is 1. The Hall–Kier alpha value is -1.88. The Morgan fingerprint density at radius 1 is 1.35 bits per heavy atom. The Morgan fingerprint density at radius 2 is 2.12 bits per heavy atom. The van der Waals surface area contributed by atoms with Gasteiger partial charge in [-0.2, -0.15) is 5.26 Å². The first-order valence-corrected chi connectivity index (χ1v) is 5.89. The molecule has 0 amide bonds. The van der Waals surface area contributed by atoms with E-state index < -0.39 is 0 Å². The van der Waals surface area contributed by atoms with Crippen LogP contribution in [0.4, 0.5) is 0 Å². The van der Waals surface area contributed by atoms with Crippen molar-refractivity contribution in [2.75, 3.05) is 0 Å². The van der Waals surface area contributed by atoms with Gasteiger partial charge in [-0.3, -0.25) is 4.98 Å². The van der Waals surface area contributed by atoms with Gasteiger partial charge in [0.05, 0.1) is 18.0 Å². The van der Waals surface area contributed by atoms with Crippen LogP contribution in [0.2, 0.25) is 0 Å². The maximum atomic E-state index is 8.88. The molecule has 0 aliphatic rings. The quantitative estimate of drug-likeness (QED) is 0.779. The summed E-state index contributed by atoms with van der Waals surface area (Å²) in [7, 11) is 0. The smallest absolute Gasteiger partial charge is 0.0742 e. The molecule has 0 unspecified atom stereocenters. The molecule has 86 valence electrons. The third kappa shape index (κ3) is 2.14. The number of fused-ring (bicyclic) bond motifs is 1. The second-order valence-corrected chi connectivity index (χ2v) is 4.66. The average molecular weight is 224 g/mol. The maximum absolute atomic E-state index is 8.88. The molecule has 2 rings (SSSR count). The molecule has 1 heterocycles. The molecule has 2 heteroatoms. The van der Waals surface area contributed by atoms with E-state index in [0.717, 1.165) is 22.2 Å². The van der Waals surface area contributed by atoms with Gasteiger partial charge in [-0.05, 0) is 30.0 Å². The van der Waals surface area contributed by atoms with Gasteiger partial charge in [-0.1, -0.05) is 32.0 Å². The average Bonchev–Trinajstić information content (AvgIpc) is 2.28. The number of pyridine rings is 1. The lowest BCUT2D eigenvalue weighted by Crippen LogP contribution is -1.96. The van der Waals surface area contributed by atoms with E-state index in [9.17, 15) is 0 Å². The van der Waals surface area contributed by atoms with Gasteiger partial charge < -0.3 is 0 Å². The molecular formula is C15H16N2. The number of aryl methyl sites for hydroxylation is 1. The van der Waals surface area contributed by atoms with Crippen LogP contribution in [-0.4, -0.2) is 4.98 Å². The van der Waals surface area contributed by atoms with E-state index >= 15 is 0 Å². The molecule has 0 aliphatic carbocycles. The zero-order valence-corrected chi connectivity index (χ0v) is 10.5. The molecule has 2 aromatic rings. The zero-order chi connectivity index (χ0) is 12.4. The topological polar surface area (TPSA) is 36.7 Å². The molecular weight excluding hydrogens is 208 g/mol. The van der Waals surface area contributed by atoms with Crippen LogP contribution in [0.3, 0.4) is 0 Å². The predicted molar refractivity (Wildman–Crippen MR) is 69.9 cm³/mol. The van der Waals surface area contributed by atoms with Gasteiger partial charge >= 0.3 is 0 Å². The summed E-state index contributed by atoms with van der Waals surface area (Å²) in [5.74, 6) is 0.447. The molecule has 0 fully saturated rings. The first kappa shape index (κ1) is 11.6. The molecule has 0 saturated heterocycles. The lowest BCUT2D eigenvalue weighted by atomic mass is 9.96. The van der Waals surface area contributed by atoms with Crippen molar-refractivity contribution in [1.29, 1.82) is 5.26 Å². The molecule has 0 spiro atoms. The highest BCUT2D eigenvalue weighted by atomic mass is 14.7. The molecule has 0 radical (unpaired) electrons. The minimum Gasteiger partial charge on any atom is -0.253 e. The normalized spacial score (nSPS) is 10.8. The third-order valence-electron chi connectivity index (χ3n) is 2.98. The van der Waals surface area contributed by atoms with Crippen LogP contribution in [0.25, 0.3) is 10.9 Å². The monoisotopic (exact) mass is 224 g/mol. The third-order valence-corrected chi connectivity index (χ3v) is 2.98. The Kier molecular flexibility index (Phi) is 3.10. The molecule has 0 atom stereocenters. The second-order valence-electron chi connectivity index (χ2n) is 4.66. The van der Waals surface area contributed by atoms with Crippen LogP contribution in [0.5, 0.6) is 0 Å². The Balaban J connectivity index is 2.79. The zero-order valence-electron chi connectivity index (χ0n) is 10.5. The molecule has 1 aromatic heterocycles. The molecule has 1 aromatic carbocycles. The second kappa shape index (κ2) is 4.55. The highest BCUT2D eigenvalue weighted by molar-refractivity contribution is 5.86. The van der Waals surface area contributed by atoms with Crippen LogP contribution in [0, 0.1) is 18.3 Å². The Bertz CT molecular complexity index is 592. The van der Waals surface area contributed by atoms with Gasteiger partial charge in [0.2, 0.25) is 0 Å². The van der Waals surface area contributed by atoms with Crippen LogP contribution < -0.4 is 0 Å². The van der Waals surface area contributed by atoms with E-state index in [1.54, 1.807) is 0 Å². The van der Waals surface area contributed by atoms with E-state index in [2.05, 4.69) is 43.1 Å². The first-order valence-electron chi connectivity index (χ1n) is 5.89. The number of benzene rings is 1. The molecule has 0 N–H and O–H groups in total. The number of hydrogen-bond donors (Lipinski definition) is 0. The molecule has 17 heavy (non-hydrogen) atoms. The number of aromatic nitrogens is 1. The van der Waals surface area contributed by atoms with E-state index in [1.165, 1.54) is 5.56 Å². The summed E-state index contributed by atoms with van der Waals surface area (Å²) in [6.07, 6.45) is 0.446. The van der Waals surface area contributed by atoms with Crippen molar-refractivity contribution in [2.24, 2.45) is 0 Å². The van der Waals surface area contributed by atoms with E-state index in [0.29, 0.717) is 12.3 Å². The van der Waals surface area contributed by atoms with E-state index in [-0.39, 0.29) is 0 Å². The molecule has 0 aliphatic heterocycles. The van der Waals surface area contributed by atoms with Crippen LogP contribution in [-0.2, 0) is 6.42 Å².